The summed E-state index contributed by atoms with van der Waals surface area (Å²) >= 11 is 0. The molecule has 0 N–H and O–H groups in total. The van der Waals surface area contributed by atoms with Crippen LogP contribution in [0, 0.1) is 0 Å². The first-order valence-electron chi connectivity index (χ1n) is 5.76. The van der Waals surface area contributed by atoms with E-state index in [1.807, 2.05) is 0 Å². The minimum Gasteiger partial charge on any atom is -0.115 e. The van der Waals surface area contributed by atoms with Gasteiger partial charge in [-0.05, 0) is 0 Å². The smallest absolute Gasteiger partial charge is 0.115 e. The Morgan fingerprint density at radius 2 is 1.19 bits per heavy atom. The zero-order valence-electron chi connectivity index (χ0n) is 9.90. The van der Waals surface area contributed by atoms with Gasteiger partial charge < -0.3 is 0 Å². The van der Waals surface area contributed by atoms with E-state index >= 15 is 0 Å². The van der Waals surface area contributed by atoms with Crippen LogP contribution in [0.1, 0.15) is 38.5 Å². The fraction of sp³-hybridized carbons (Fsp3) is 0.667. The SMILES string of the molecule is C1CCCCC1.C=CCO[P+](=O)OCC=C. The van der Waals surface area contributed by atoms with E-state index in [1.54, 1.807) is 0 Å². The summed E-state index contributed by atoms with van der Waals surface area (Å²) < 4.78 is 19.8. The molecule has 3 nitrogen and oxygen atoms in total. The van der Waals surface area contributed by atoms with Crippen LogP contribution < -0.4 is 0 Å². The van der Waals surface area contributed by atoms with Gasteiger partial charge in [0, 0.05) is 4.57 Å². The molecule has 0 heterocycles. The van der Waals surface area contributed by atoms with Crippen molar-refractivity contribution in [2.45, 2.75) is 38.5 Å². The first-order valence-corrected chi connectivity index (χ1v) is 6.85. The topological polar surface area (TPSA) is 35.5 Å². The molecule has 1 aliphatic rings. The molecule has 0 aromatic heterocycles. The second-order valence-electron chi connectivity index (χ2n) is 3.51. The molecule has 0 aromatic rings. The quantitative estimate of drug-likeness (QED) is 0.514. The van der Waals surface area contributed by atoms with E-state index in [4.69, 9.17) is 0 Å². The molecule has 0 bridgehead atoms. The molecule has 1 fully saturated rings. The van der Waals surface area contributed by atoms with Crippen LogP contribution >= 0.6 is 8.25 Å². The highest BCUT2D eigenvalue weighted by atomic mass is 31.1. The summed E-state index contributed by atoms with van der Waals surface area (Å²) in [5.74, 6) is 0. The average Bonchev–Trinajstić information content (AvgIpc) is 2.36. The maximum atomic E-state index is 10.6. The highest BCUT2D eigenvalue weighted by Gasteiger charge is 2.16. The zero-order chi connectivity index (χ0) is 12.1. The van der Waals surface area contributed by atoms with Gasteiger partial charge in [0.1, 0.15) is 13.2 Å². The van der Waals surface area contributed by atoms with Gasteiger partial charge in [-0.25, -0.2) is 0 Å². The molecule has 0 saturated heterocycles. The largest absolute Gasteiger partial charge is 0.698 e. The molecule has 0 spiro atoms. The summed E-state index contributed by atoms with van der Waals surface area (Å²) in [6.45, 7) is 7.25. The lowest BCUT2D eigenvalue weighted by molar-refractivity contribution is 0.261. The highest BCUT2D eigenvalue weighted by Crippen LogP contribution is 2.22. The Labute approximate surface area is 99.5 Å². The van der Waals surface area contributed by atoms with Crippen molar-refractivity contribution in [1.82, 2.24) is 0 Å². The summed E-state index contributed by atoms with van der Waals surface area (Å²) in [6.07, 6.45) is 12.0. The van der Waals surface area contributed by atoms with Gasteiger partial charge in [0.05, 0.1) is 0 Å². The van der Waals surface area contributed by atoms with E-state index < -0.39 is 8.25 Å². The first-order chi connectivity index (χ1) is 7.81. The van der Waals surface area contributed by atoms with Crippen molar-refractivity contribution in [1.29, 1.82) is 0 Å². The standard InChI is InChI=1S/C6H10O3P.C6H12/c1-3-5-8-10(7)9-6-4-2;1-2-4-6-5-3-1/h3-4H,1-2,5-6H2;1-6H2/q+1;. The number of rotatable bonds is 6. The van der Waals surface area contributed by atoms with E-state index in [2.05, 4.69) is 22.2 Å². The number of hydrogen-bond acceptors (Lipinski definition) is 3. The Balaban J connectivity index is 0.000000315. The third kappa shape index (κ3) is 11.6. The second-order valence-corrected chi connectivity index (χ2v) is 4.48. The second kappa shape index (κ2) is 12.6. The highest BCUT2D eigenvalue weighted by molar-refractivity contribution is 7.33. The lowest BCUT2D eigenvalue weighted by Gasteiger charge is -2.05. The monoisotopic (exact) mass is 245 g/mol. The van der Waals surface area contributed by atoms with Crippen molar-refractivity contribution in [3.8, 4) is 0 Å². The van der Waals surface area contributed by atoms with E-state index in [9.17, 15) is 4.57 Å². The van der Waals surface area contributed by atoms with E-state index in [0.29, 0.717) is 0 Å². The number of hydrogen-bond donors (Lipinski definition) is 0. The Hall–Kier alpha value is -0.500. The van der Waals surface area contributed by atoms with E-state index in [-0.39, 0.29) is 13.2 Å². The summed E-state index contributed by atoms with van der Waals surface area (Å²) in [5, 5.41) is 0. The van der Waals surface area contributed by atoms with Gasteiger partial charge in [-0.1, -0.05) is 50.7 Å². The normalized spacial score (nSPS) is 14.5. The van der Waals surface area contributed by atoms with Crippen LogP contribution in [-0.4, -0.2) is 13.2 Å². The van der Waals surface area contributed by atoms with Gasteiger partial charge >= 0.3 is 8.25 Å². The summed E-state index contributed by atoms with van der Waals surface area (Å²) in [4.78, 5) is 0. The van der Waals surface area contributed by atoms with Gasteiger partial charge in [0.2, 0.25) is 0 Å². The maximum absolute atomic E-state index is 10.6. The van der Waals surface area contributed by atoms with E-state index in [1.165, 1.54) is 50.7 Å². The Kier molecular flexibility index (Phi) is 12.2. The molecule has 92 valence electrons. The van der Waals surface area contributed by atoms with Crippen LogP contribution in [0.15, 0.2) is 25.3 Å². The zero-order valence-corrected chi connectivity index (χ0v) is 10.8. The van der Waals surface area contributed by atoms with Gasteiger partial charge in [-0.3, -0.25) is 0 Å². The van der Waals surface area contributed by atoms with Crippen LogP contribution in [0.5, 0.6) is 0 Å². The van der Waals surface area contributed by atoms with Crippen LogP contribution in [0.2, 0.25) is 0 Å². The van der Waals surface area contributed by atoms with Crippen molar-refractivity contribution >= 4 is 8.25 Å². The van der Waals surface area contributed by atoms with E-state index in [0.717, 1.165) is 0 Å². The van der Waals surface area contributed by atoms with Crippen LogP contribution in [-0.2, 0) is 13.6 Å². The molecule has 0 amide bonds. The molecule has 1 rings (SSSR count). The van der Waals surface area contributed by atoms with Crippen molar-refractivity contribution < 1.29 is 13.6 Å². The fourth-order valence-electron chi connectivity index (χ4n) is 1.33. The first kappa shape index (κ1) is 15.5. The maximum Gasteiger partial charge on any atom is 0.698 e. The lowest BCUT2D eigenvalue weighted by atomic mass is 10.0. The molecular formula is C12H22O3P+. The molecule has 0 atom stereocenters. The minimum atomic E-state index is -1.98. The van der Waals surface area contributed by atoms with Crippen LogP contribution in [0.3, 0.4) is 0 Å². The van der Waals surface area contributed by atoms with Crippen LogP contribution in [0.25, 0.3) is 0 Å². The third-order valence-corrected chi connectivity index (χ3v) is 2.82. The van der Waals surface area contributed by atoms with Crippen molar-refractivity contribution in [2.24, 2.45) is 0 Å². The third-order valence-electron chi connectivity index (χ3n) is 2.10. The predicted octanol–water partition coefficient (Wildman–Crippen LogP) is 4.39. The van der Waals surface area contributed by atoms with Crippen molar-refractivity contribution in [3.05, 3.63) is 25.3 Å². The lowest BCUT2D eigenvalue weighted by Crippen LogP contribution is -1.85. The summed E-state index contributed by atoms with van der Waals surface area (Å²) in [6, 6.07) is 0. The molecule has 1 saturated carbocycles. The Morgan fingerprint density at radius 1 is 0.875 bits per heavy atom. The molecule has 1 aliphatic carbocycles. The summed E-state index contributed by atoms with van der Waals surface area (Å²) in [7, 11) is -1.98. The molecule has 4 heteroatoms. The molecule has 0 aliphatic heterocycles. The van der Waals surface area contributed by atoms with Gasteiger partial charge in [0.15, 0.2) is 0 Å². The molecule has 16 heavy (non-hydrogen) atoms. The molecule has 0 aromatic carbocycles. The Morgan fingerprint density at radius 3 is 1.44 bits per heavy atom. The minimum absolute atomic E-state index is 0.242. The molecule has 0 radical (unpaired) electrons. The van der Waals surface area contributed by atoms with Crippen molar-refractivity contribution in [2.75, 3.05) is 13.2 Å². The van der Waals surface area contributed by atoms with Crippen LogP contribution in [0.4, 0.5) is 0 Å². The van der Waals surface area contributed by atoms with Gasteiger partial charge in [-0.15, -0.1) is 22.2 Å². The van der Waals surface area contributed by atoms with Crippen molar-refractivity contribution in [3.63, 3.8) is 0 Å². The fourth-order valence-corrected chi connectivity index (χ4v) is 1.85. The Bertz CT molecular complexity index is 175. The predicted molar refractivity (Wildman–Crippen MR) is 67.6 cm³/mol. The summed E-state index contributed by atoms with van der Waals surface area (Å²) in [5.41, 5.74) is 0. The molecule has 0 unspecified atom stereocenters. The van der Waals surface area contributed by atoms with Gasteiger partial charge in [0.25, 0.3) is 0 Å². The van der Waals surface area contributed by atoms with Gasteiger partial charge in [-0.2, -0.15) is 0 Å². The average molecular weight is 245 g/mol. The molecular weight excluding hydrogens is 223 g/mol.